The zero-order valence-electron chi connectivity index (χ0n) is 19.8. The maximum Gasteiger partial charge on any atom is 0.339 e. The Morgan fingerprint density at radius 1 is 1.16 bits per heavy atom. The van der Waals surface area contributed by atoms with Gasteiger partial charge in [0.15, 0.2) is 5.82 Å². The van der Waals surface area contributed by atoms with Gasteiger partial charge in [-0.05, 0) is 30.0 Å². The molecule has 1 unspecified atom stereocenters. The van der Waals surface area contributed by atoms with Crippen LogP contribution in [0.15, 0.2) is 36.7 Å². The Labute approximate surface area is 210 Å². The first-order chi connectivity index (χ1) is 17.8. The summed E-state index contributed by atoms with van der Waals surface area (Å²) >= 11 is 0. The van der Waals surface area contributed by atoms with Gasteiger partial charge in [-0.3, -0.25) is 0 Å². The van der Waals surface area contributed by atoms with Crippen LogP contribution in [0.25, 0.3) is 11.4 Å². The van der Waals surface area contributed by atoms with E-state index < -0.39 is 35.5 Å². The Kier molecular flexibility index (Phi) is 7.70. The quantitative estimate of drug-likeness (QED) is 0.327. The van der Waals surface area contributed by atoms with Crippen molar-refractivity contribution in [3.05, 3.63) is 65.2 Å². The van der Waals surface area contributed by atoms with Gasteiger partial charge in [0, 0.05) is 44.9 Å². The molecule has 10 nitrogen and oxygen atoms in total. The fraction of sp³-hybridized carbons (Fsp3) is 0.292. The van der Waals surface area contributed by atoms with E-state index in [9.17, 15) is 22.8 Å². The predicted molar refractivity (Wildman–Crippen MR) is 128 cm³/mol. The number of nitrogens with one attached hydrogen (secondary N) is 3. The maximum absolute atomic E-state index is 14.5. The lowest BCUT2D eigenvalue weighted by Crippen LogP contribution is -2.52. The summed E-state index contributed by atoms with van der Waals surface area (Å²) in [5.41, 5.74) is 0.710. The van der Waals surface area contributed by atoms with Crippen LogP contribution in [0.4, 0.5) is 23.9 Å². The molecule has 194 valence electrons. The second kappa shape index (κ2) is 11.1. The van der Waals surface area contributed by atoms with Gasteiger partial charge in [0.05, 0.1) is 30.6 Å². The molecule has 0 bridgehead atoms. The van der Waals surface area contributed by atoms with Gasteiger partial charge in [-0.2, -0.15) is 0 Å². The summed E-state index contributed by atoms with van der Waals surface area (Å²) in [4.78, 5) is 39.0. The van der Waals surface area contributed by atoms with Gasteiger partial charge in [0.25, 0.3) is 0 Å². The predicted octanol–water partition coefficient (Wildman–Crippen LogP) is 3.29. The van der Waals surface area contributed by atoms with Gasteiger partial charge in [-0.15, -0.1) is 0 Å². The first-order valence-corrected chi connectivity index (χ1v) is 11.3. The minimum Gasteiger partial charge on any atom is -0.465 e. The number of aromatic nitrogens is 3. The Morgan fingerprint density at radius 2 is 1.86 bits per heavy atom. The van der Waals surface area contributed by atoms with Crippen molar-refractivity contribution in [3.8, 4) is 11.4 Å². The number of H-pyrrole nitrogens is 1. The number of hydrogen-bond donors (Lipinski definition) is 3. The number of ether oxygens (including phenoxy) is 1. The molecule has 2 aromatic heterocycles. The Bertz CT molecular complexity index is 1290. The number of methoxy groups -OCH3 is 1. The van der Waals surface area contributed by atoms with E-state index >= 15 is 0 Å². The number of hydrogen-bond acceptors (Lipinski definition) is 7. The number of esters is 1. The molecule has 1 aromatic carbocycles. The number of piperazine rings is 1. The molecule has 1 aliphatic heterocycles. The van der Waals surface area contributed by atoms with Crippen LogP contribution in [0, 0.1) is 22.9 Å². The monoisotopic (exact) mass is 515 g/mol. The molecule has 4 rings (SSSR count). The van der Waals surface area contributed by atoms with Crippen molar-refractivity contribution in [2.45, 2.75) is 12.5 Å². The van der Waals surface area contributed by atoms with E-state index in [1.807, 2.05) is 0 Å². The van der Waals surface area contributed by atoms with Crippen LogP contribution in [0.3, 0.4) is 0 Å². The summed E-state index contributed by atoms with van der Waals surface area (Å²) in [5, 5.41) is 10.1. The highest BCUT2D eigenvalue weighted by atomic mass is 19.1. The molecule has 3 heterocycles. The molecule has 37 heavy (non-hydrogen) atoms. The molecule has 1 aliphatic rings. The summed E-state index contributed by atoms with van der Waals surface area (Å²) in [7, 11) is 1.24. The van der Waals surface area contributed by atoms with Crippen LogP contribution < -0.4 is 10.2 Å². The summed E-state index contributed by atoms with van der Waals surface area (Å²) < 4.78 is 46.4. The largest absolute Gasteiger partial charge is 0.465 e. The molecule has 1 fully saturated rings. The number of nitrogens with zero attached hydrogens (tertiary/aromatic N) is 4. The Hall–Kier alpha value is -4.42. The van der Waals surface area contributed by atoms with E-state index in [-0.39, 0.29) is 48.0 Å². The molecular formula is C24H24F3N7O3. The van der Waals surface area contributed by atoms with Crippen molar-refractivity contribution in [2.75, 3.05) is 38.2 Å². The van der Waals surface area contributed by atoms with Crippen molar-refractivity contribution in [3.63, 3.8) is 0 Å². The van der Waals surface area contributed by atoms with Crippen LogP contribution in [0.5, 0.6) is 0 Å². The zero-order chi connectivity index (χ0) is 26.5. The number of carbonyl (C=O) groups excluding carboxylic acids is 2. The van der Waals surface area contributed by atoms with Gasteiger partial charge in [0.2, 0.25) is 5.95 Å². The van der Waals surface area contributed by atoms with Crippen molar-refractivity contribution in [1.82, 2.24) is 25.2 Å². The SMILES string of the molecule is COC(=O)c1c[nH]c(-c2nc(N3CCN(C(=O)NC(CC=N)c4cc(F)cc(F)c4)CC3)ncc2F)c1. The molecule has 1 atom stereocenters. The maximum atomic E-state index is 14.5. The minimum absolute atomic E-state index is 0.0165. The van der Waals surface area contributed by atoms with Crippen molar-refractivity contribution in [1.29, 1.82) is 5.41 Å². The molecule has 1 saturated heterocycles. The first-order valence-electron chi connectivity index (χ1n) is 11.3. The van der Waals surface area contributed by atoms with E-state index in [4.69, 9.17) is 5.41 Å². The number of anilines is 1. The summed E-state index contributed by atoms with van der Waals surface area (Å²) in [6.45, 7) is 1.26. The van der Waals surface area contributed by atoms with Crippen LogP contribution in [-0.4, -0.2) is 71.4 Å². The second-order valence-corrected chi connectivity index (χ2v) is 8.28. The van der Waals surface area contributed by atoms with Crippen molar-refractivity contribution < 1.29 is 27.5 Å². The average Bonchev–Trinajstić information content (AvgIpc) is 3.38. The molecule has 3 aromatic rings. The smallest absolute Gasteiger partial charge is 0.339 e. The topological polar surface area (TPSA) is 127 Å². The number of rotatable bonds is 7. The van der Waals surface area contributed by atoms with Crippen molar-refractivity contribution >= 4 is 24.2 Å². The first kappa shape index (κ1) is 25.7. The van der Waals surface area contributed by atoms with Gasteiger partial charge in [-0.1, -0.05) is 0 Å². The van der Waals surface area contributed by atoms with Crippen LogP contribution >= 0.6 is 0 Å². The van der Waals surface area contributed by atoms with Gasteiger partial charge < -0.3 is 30.2 Å². The highest BCUT2D eigenvalue weighted by Gasteiger charge is 2.26. The second-order valence-electron chi connectivity index (χ2n) is 8.28. The van der Waals surface area contributed by atoms with E-state index in [0.717, 1.165) is 30.6 Å². The molecule has 0 aliphatic carbocycles. The standard InChI is InChI=1S/C24H24F3N7O3/c1-37-22(35)15-10-20(29-12-15)21-18(27)13-30-23(32-21)33-4-6-34(7-5-33)24(36)31-19(2-3-28)14-8-16(25)11-17(26)9-14/h3,8-13,19,28-29H,2,4-7H2,1H3,(H,31,36). The molecule has 0 spiro atoms. The summed E-state index contributed by atoms with van der Waals surface area (Å²) in [6, 6.07) is 3.20. The Balaban J connectivity index is 1.42. The van der Waals surface area contributed by atoms with Gasteiger partial charge in [-0.25, -0.2) is 32.7 Å². The van der Waals surface area contributed by atoms with E-state index in [2.05, 4.69) is 25.0 Å². The minimum atomic E-state index is -0.771. The molecule has 0 saturated carbocycles. The van der Waals surface area contributed by atoms with Crippen LogP contribution in [0.1, 0.15) is 28.4 Å². The molecule has 3 N–H and O–H groups in total. The Morgan fingerprint density at radius 3 is 2.51 bits per heavy atom. The normalized spacial score (nSPS) is 14.3. The average molecular weight is 515 g/mol. The van der Waals surface area contributed by atoms with E-state index in [1.54, 1.807) is 4.90 Å². The number of benzene rings is 1. The third-order valence-electron chi connectivity index (χ3n) is 5.88. The lowest BCUT2D eigenvalue weighted by atomic mass is 10.0. The van der Waals surface area contributed by atoms with Crippen LogP contribution in [0.2, 0.25) is 0 Å². The summed E-state index contributed by atoms with van der Waals surface area (Å²) in [6.07, 6.45) is 3.56. The molecule has 13 heteroatoms. The van der Waals surface area contributed by atoms with Crippen LogP contribution in [-0.2, 0) is 4.74 Å². The van der Waals surface area contributed by atoms with E-state index in [0.29, 0.717) is 13.1 Å². The number of carbonyl (C=O) groups is 2. The number of urea groups is 1. The lowest BCUT2D eigenvalue weighted by Gasteiger charge is -2.35. The highest BCUT2D eigenvalue weighted by Crippen LogP contribution is 2.24. The summed E-state index contributed by atoms with van der Waals surface area (Å²) in [5.74, 6) is -2.54. The molecule has 2 amide bonds. The third kappa shape index (κ3) is 5.88. The number of aromatic amines is 1. The highest BCUT2D eigenvalue weighted by molar-refractivity contribution is 5.90. The van der Waals surface area contributed by atoms with Gasteiger partial charge >= 0.3 is 12.0 Å². The fourth-order valence-electron chi connectivity index (χ4n) is 3.99. The third-order valence-corrected chi connectivity index (χ3v) is 5.88. The molecule has 0 radical (unpaired) electrons. The number of halogens is 3. The zero-order valence-corrected chi connectivity index (χ0v) is 19.8. The van der Waals surface area contributed by atoms with Crippen molar-refractivity contribution in [2.24, 2.45) is 0 Å². The number of amides is 2. The lowest BCUT2D eigenvalue weighted by molar-refractivity contribution is 0.0601. The van der Waals surface area contributed by atoms with E-state index in [1.165, 1.54) is 24.3 Å². The fourth-order valence-corrected chi connectivity index (χ4v) is 3.99. The van der Waals surface area contributed by atoms with Gasteiger partial charge in [0.1, 0.15) is 17.3 Å². The molecular weight excluding hydrogens is 491 g/mol.